The molecule has 19 heavy (non-hydrogen) atoms. The van der Waals surface area contributed by atoms with Gasteiger partial charge in [0.2, 0.25) is 0 Å². The number of benzene rings is 1. The number of allylic oxidation sites excluding steroid dienone is 1. The molecular formula is C16H15NO2. The molecule has 1 unspecified atom stereocenters. The van der Waals surface area contributed by atoms with Gasteiger partial charge in [-0.1, -0.05) is 48.5 Å². The molecule has 1 aliphatic carbocycles. The highest BCUT2D eigenvalue weighted by Crippen LogP contribution is 2.36. The zero-order chi connectivity index (χ0) is 13.4. The van der Waals surface area contributed by atoms with Crippen molar-refractivity contribution >= 4 is 11.4 Å². The lowest BCUT2D eigenvalue weighted by Crippen LogP contribution is -2.19. The average Bonchev–Trinajstić information content (AvgIpc) is 2.83. The largest absolute Gasteiger partial charge is 0.360 e. The zero-order valence-corrected chi connectivity index (χ0v) is 11.0. The first-order chi connectivity index (χ1) is 9.22. The van der Waals surface area contributed by atoms with Crippen molar-refractivity contribution < 1.29 is 9.32 Å². The quantitative estimate of drug-likeness (QED) is 0.820. The van der Waals surface area contributed by atoms with Gasteiger partial charge in [0, 0.05) is 5.92 Å². The van der Waals surface area contributed by atoms with Crippen LogP contribution in [0.4, 0.5) is 0 Å². The molecule has 1 aromatic heterocycles. The standard InChI is InChI=1S/C16H15NO2/c1-3-11-9-13(12-7-5-4-6-8-12)14-10(2)19-17-15(14)16(11)18/h4-9,11H,3H2,1-2H3. The number of ketones is 1. The molecule has 0 bridgehead atoms. The third-order valence-corrected chi connectivity index (χ3v) is 3.59. The number of nitrogens with zero attached hydrogens (tertiary/aromatic N) is 1. The van der Waals surface area contributed by atoms with E-state index in [1.807, 2.05) is 50.3 Å². The summed E-state index contributed by atoms with van der Waals surface area (Å²) >= 11 is 0. The molecule has 3 nitrogen and oxygen atoms in total. The second kappa shape index (κ2) is 4.50. The van der Waals surface area contributed by atoms with Crippen molar-refractivity contribution in [2.45, 2.75) is 20.3 Å². The van der Waals surface area contributed by atoms with Crippen molar-refractivity contribution in [2.24, 2.45) is 5.92 Å². The summed E-state index contributed by atoms with van der Waals surface area (Å²) < 4.78 is 5.22. The predicted molar refractivity (Wildman–Crippen MR) is 72.9 cm³/mol. The van der Waals surface area contributed by atoms with Crippen LogP contribution in [0.5, 0.6) is 0 Å². The van der Waals surface area contributed by atoms with Crippen molar-refractivity contribution in [1.29, 1.82) is 0 Å². The van der Waals surface area contributed by atoms with Gasteiger partial charge in [-0.05, 0) is 24.5 Å². The highest BCUT2D eigenvalue weighted by atomic mass is 16.5. The molecule has 1 aliphatic rings. The van der Waals surface area contributed by atoms with Crippen LogP contribution < -0.4 is 0 Å². The number of aromatic nitrogens is 1. The zero-order valence-electron chi connectivity index (χ0n) is 11.0. The van der Waals surface area contributed by atoms with Gasteiger partial charge < -0.3 is 4.52 Å². The van der Waals surface area contributed by atoms with E-state index in [9.17, 15) is 4.79 Å². The van der Waals surface area contributed by atoms with Gasteiger partial charge in [0.15, 0.2) is 11.5 Å². The van der Waals surface area contributed by atoms with E-state index in [4.69, 9.17) is 4.52 Å². The SMILES string of the molecule is CCC1C=C(c2ccccc2)c2c(noc2C)C1=O. The number of hydrogen-bond acceptors (Lipinski definition) is 3. The van der Waals surface area contributed by atoms with E-state index in [2.05, 4.69) is 5.16 Å². The summed E-state index contributed by atoms with van der Waals surface area (Å²) in [7, 11) is 0. The van der Waals surface area contributed by atoms with Crippen LogP contribution in [-0.4, -0.2) is 10.9 Å². The summed E-state index contributed by atoms with van der Waals surface area (Å²) in [6, 6.07) is 10.1. The lowest BCUT2D eigenvalue weighted by atomic mass is 9.82. The van der Waals surface area contributed by atoms with Gasteiger partial charge >= 0.3 is 0 Å². The first-order valence-electron chi connectivity index (χ1n) is 6.50. The number of hydrogen-bond donors (Lipinski definition) is 0. The van der Waals surface area contributed by atoms with Crippen LogP contribution in [0.15, 0.2) is 40.9 Å². The predicted octanol–water partition coefficient (Wildman–Crippen LogP) is 3.64. The number of carbonyl (C=O) groups excluding carboxylic acids is 1. The van der Waals surface area contributed by atoms with E-state index >= 15 is 0 Å². The number of carbonyl (C=O) groups is 1. The molecule has 1 atom stereocenters. The van der Waals surface area contributed by atoms with Crippen molar-refractivity contribution in [3.05, 3.63) is 59.0 Å². The second-order valence-corrected chi connectivity index (χ2v) is 4.79. The smallest absolute Gasteiger partial charge is 0.192 e. The highest BCUT2D eigenvalue weighted by molar-refractivity contribution is 6.07. The minimum absolute atomic E-state index is 0.0639. The van der Waals surface area contributed by atoms with Gasteiger partial charge in [0.25, 0.3) is 0 Å². The van der Waals surface area contributed by atoms with Crippen LogP contribution in [0.2, 0.25) is 0 Å². The number of rotatable bonds is 2. The first kappa shape index (κ1) is 11.9. The van der Waals surface area contributed by atoms with E-state index in [0.29, 0.717) is 11.5 Å². The number of aryl methyl sites for hydroxylation is 1. The molecule has 0 saturated carbocycles. The number of fused-ring (bicyclic) bond motifs is 1. The molecule has 0 radical (unpaired) electrons. The summed E-state index contributed by atoms with van der Waals surface area (Å²) in [6.45, 7) is 3.86. The fourth-order valence-corrected chi connectivity index (χ4v) is 2.55. The Morgan fingerprint density at radius 1 is 1.26 bits per heavy atom. The molecule has 1 aromatic carbocycles. The van der Waals surface area contributed by atoms with Crippen molar-refractivity contribution in [2.75, 3.05) is 0 Å². The summed E-state index contributed by atoms with van der Waals surface area (Å²) in [5.41, 5.74) is 3.48. The Morgan fingerprint density at radius 2 is 2.00 bits per heavy atom. The van der Waals surface area contributed by atoms with Crippen LogP contribution in [0.25, 0.3) is 5.57 Å². The molecule has 0 saturated heterocycles. The maximum absolute atomic E-state index is 12.3. The lowest BCUT2D eigenvalue weighted by molar-refractivity contribution is 0.0932. The van der Waals surface area contributed by atoms with Gasteiger partial charge in [-0.3, -0.25) is 4.79 Å². The van der Waals surface area contributed by atoms with Crippen LogP contribution >= 0.6 is 0 Å². The third kappa shape index (κ3) is 1.82. The molecule has 1 heterocycles. The van der Waals surface area contributed by atoms with E-state index in [1.54, 1.807) is 0 Å². The van der Waals surface area contributed by atoms with E-state index in [0.717, 1.165) is 23.1 Å². The normalized spacial score (nSPS) is 18.1. The Labute approximate surface area is 111 Å². The monoisotopic (exact) mass is 253 g/mol. The topological polar surface area (TPSA) is 43.1 Å². The molecule has 0 fully saturated rings. The minimum Gasteiger partial charge on any atom is -0.360 e. The van der Waals surface area contributed by atoms with Crippen molar-refractivity contribution in [1.82, 2.24) is 5.16 Å². The van der Waals surface area contributed by atoms with Crippen molar-refractivity contribution in [3.63, 3.8) is 0 Å². The Hall–Kier alpha value is -2.16. The average molecular weight is 253 g/mol. The molecule has 0 N–H and O–H groups in total. The third-order valence-electron chi connectivity index (χ3n) is 3.59. The molecule has 3 heteroatoms. The maximum Gasteiger partial charge on any atom is 0.192 e. The Kier molecular flexibility index (Phi) is 2.82. The minimum atomic E-state index is -0.104. The first-order valence-corrected chi connectivity index (χ1v) is 6.50. The Morgan fingerprint density at radius 3 is 2.68 bits per heavy atom. The van der Waals surface area contributed by atoms with E-state index < -0.39 is 0 Å². The second-order valence-electron chi connectivity index (χ2n) is 4.79. The molecule has 2 aromatic rings. The van der Waals surface area contributed by atoms with Crippen molar-refractivity contribution in [3.8, 4) is 0 Å². The van der Waals surface area contributed by atoms with Gasteiger partial charge in [0.05, 0.1) is 5.56 Å². The van der Waals surface area contributed by atoms with Crippen LogP contribution in [0, 0.1) is 12.8 Å². The van der Waals surface area contributed by atoms with Gasteiger partial charge in [0.1, 0.15) is 5.76 Å². The highest BCUT2D eigenvalue weighted by Gasteiger charge is 2.32. The summed E-state index contributed by atoms with van der Waals surface area (Å²) in [5, 5.41) is 3.95. The van der Waals surface area contributed by atoms with Crippen LogP contribution in [0.1, 0.15) is 40.7 Å². The Balaban J connectivity index is 2.22. The maximum atomic E-state index is 12.3. The number of Topliss-reactive ketones (excluding diaryl/α,β-unsaturated/α-hetero) is 1. The Bertz CT molecular complexity index is 653. The molecule has 0 spiro atoms. The molecule has 0 amide bonds. The lowest BCUT2D eigenvalue weighted by Gasteiger charge is -2.18. The van der Waals surface area contributed by atoms with E-state index in [-0.39, 0.29) is 11.7 Å². The molecule has 96 valence electrons. The molecular weight excluding hydrogens is 238 g/mol. The summed E-state index contributed by atoms with van der Waals surface area (Å²) in [5.74, 6) is 0.661. The van der Waals surface area contributed by atoms with Gasteiger partial charge in [-0.15, -0.1) is 0 Å². The summed E-state index contributed by atoms with van der Waals surface area (Å²) in [6.07, 6.45) is 2.82. The fourth-order valence-electron chi connectivity index (χ4n) is 2.55. The van der Waals surface area contributed by atoms with Crippen LogP contribution in [-0.2, 0) is 0 Å². The molecule has 3 rings (SSSR count). The summed E-state index contributed by atoms with van der Waals surface area (Å²) in [4.78, 5) is 12.3. The van der Waals surface area contributed by atoms with E-state index in [1.165, 1.54) is 0 Å². The fraction of sp³-hybridized carbons (Fsp3) is 0.250. The van der Waals surface area contributed by atoms with Crippen LogP contribution in [0.3, 0.4) is 0 Å². The van der Waals surface area contributed by atoms with Gasteiger partial charge in [-0.2, -0.15) is 0 Å². The van der Waals surface area contributed by atoms with Gasteiger partial charge in [-0.25, -0.2) is 0 Å². The molecule has 0 aliphatic heterocycles.